The topological polar surface area (TPSA) is 51.0 Å². The van der Waals surface area contributed by atoms with Crippen molar-refractivity contribution in [3.63, 3.8) is 0 Å². The van der Waals surface area contributed by atoms with E-state index in [1.807, 2.05) is 31.2 Å². The third-order valence-electron chi connectivity index (χ3n) is 2.78. The molecule has 0 fully saturated rings. The number of halogens is 1. The summed E-state index contributed by atoms with van der Waals surface area (Å²) in [6, 6.07) is 13.3. The largest absolute Gasteiger partial charge is 0.490 e. The molecule has 110 valence electrons. The molecular weight excluding hydrogens is 334 g/mol. The molecule has 0 unspecified atom stereocenters. The normalized spacial score (nSPS) is 10.8. The fourth-order valence-corrected chi connectivity index (χ4v) is 2.07. The average molecular weight is 350 g/mol. The van der Waals surface area contributed by atoms with E-state index in [0.29, 0.717) is 24.7 Å². The molecule has 5 heteroatoms. The molecule has 2 aromatic carbocycles. The van der Waals surface area contributed by atoms with Crippen LogP contribution in [0.3, 0.4) is 0 Å². The van der Waals surface area contributed by atoms with Gasteiger partial charge in [-0.2, -0.15) is 0 Å². The van der Waals surface area contributed by atoms with E-state index in [2.05, 4.69) is 21.1 Å². The second-order valence-electron chi connectivity index (χ2n) is 4.30. The first-order chi connectivity index (χ1) is 10.2. The van der Waals surface area contributed by atoms with Gasteiger partial charge in [0.25, 0.3) is 0 Å². The molecule has 2 aromatic rings. The van der Waals surface area contributed by atoms with Crippen LogP contribution in [0.5, 0.6) is 11.5 Å². The summed E-state index contributed by atoms with van der Waals surface area (Å²) in [5.41, 5.74) is 1.82. The second kappa shape index (κ2) is 7.69. The zero-order valence-electron chi connectivity index (χ0n) is 11.6. The molecule has 1 N–H and O–H groups in total. The third-order valence-corrected chi connectivity index (χ3v) is 3.31. The summed E-state index contributed by atoms with van der Waals surface area (Å²) in [5.74, 6) is 1.29. The second-order valence-corrected chi connectivity index (χ2v) is 5.21. The Morgan fingerprint density at radius 1 is 1.10 bits per heavy atom. The fourth-order valence-electron chi connectivity index (χ4n) is 1.80. The van der Waals surface area contributed by atoms with Crippen molar-refractivity contribution in [3.8, 4) is 11.5 Å². The van der Waals surface area contributed by atoms with Gasteiger partial charge in [-0.1, -0.05) is 33.2 Å². The van der Waals surface area contributed by atoms with Crippen molar-refractivity contribution < 1.29 is 14.7 Å². The highest BCUT2D eigenvalue weighted by atomic mass is 79.9. The molecule has 0 atom stereocenters. The maximum atomic E-state index is 8.58. The number of hydrogen-bond acceptors (Lipinski definition) is 4. The van der Waals surface area contributed by atoms with Crippen LogP contribution in [0.1, 0.15) is 18.1 Å². The highest BCUT2D eigenvalue weighted by molar-refractivity contribution is 9.10. The Bertz CT molecular complexity index is 611. The van der Waals surface area contributed by atoms with Crippen molar-refractivity contribution in [2.45, 2.75) is 13.5 Å². The molecule has 0 saturated carbocycles. The molecule has 0 aliphatic carbocycles. The third kappa shape index (κ3) is 4.49. The summed E-state index contributed by atoms with van der Waals surface area (Å²) in [6.45, 7) is 2.90. The van der Waals surface area contributed by atoms with Gasteiger partial charge in [0.15, 0.2) is 11.5 Å². The van der Waals surface area contributed by atoms with Crippen LogP contribution in [0, 0.1) is 0 Å². The van der Waals surface area contributed by atoms with Gasteiger partial charge in [-0.05, 0) is 42.8 Å². The molecule has 0 radical (unpaired) electrons. The van der Waals surface area contributed by atoms with Crippen LogP contribution in [0.25, 0.3) is 0 Å². The van der Waals surface area contributed by atoms with E-state index in [1.165, 1.54) is 6.21 Å². The molecule has 0 aromatic heterocycles. The Morgan fingerprint density at radius 3 is 2.52 bits per heavy atom. The number of rotatable bonds is 6. The van der Waals surface area contributed by atoms with E-state index in [9.17, 15) is 0 Å². The Labute approximate surface area is 132 Å². The smallest absolute Gasteiger partial charge is 0.161 e. The lowest BCUT2D eigenvalue weighted by atomic mass is 10.2. The highest BCUT2D eigenvalue weighted by Gasteiger charge is 2.06. The lowest BCUT2D eigenvalue weighted by molar-refractivity contribution is 0.269. The van der Waals surface area contributed by atoms with Gasteiger partial charge in [-0.3, -0.25) is 0 Å². The summed E-state index contributed by atoms with van der Waals surface area (Å²) in [4.78, 5) is 0. The van der Waals surface area contributed by atoms with E-state index in [4.69, 9.17) is 14.7 Å². The van der Waals surface area contributed by atoms with E-state index < -0.39 is 0 Å². The van der Waals surface area contributed by atoms with Gasteiger partial charge in [-0.25, -0.2) is 0 Å². The van der Waals surface area contributed by atoms with Crippen LogP contribution in [0.4, 0.5) is 0 Å². The molecule has 0 saturated heterocycles. The number of nitrogens with zero attached hydrogens (tertiary/aromatic N) is 1. The van der Waals surface area contributed by atoms with Crippen LogP contribution in [0.2, 0.25) is 0 Å². The molecule has 0 bridgehead atoms. The average Bonchev–Trinajstić information content (AvgIpc) is 2.49. The van der Waals surface area contributed by atoms with Crippen molar-refractivity contribution in [1.82, 2.24) is 0 Å². The van der Waals surface area contributed by atoms with E-state index in [-0.39, 0.29) is 0 Å². The zero-order chi connectivity index (χ0) is 15.1. The predicted molar refractivity (Wildman–Crippen MR) is 85.5 cm³/mol. The minimum atomic E-state index is 0.459. The standard InChI is InChI=1S/C16H16BrNO3/c1-2-20-16-9-13(10-18-19)5-8-15(16)21-11-12-3-6-14(17)7-4-12/h3-10,19H,2,11H2,1H3. The van der Waals surface area contributed by atoms with E-state index in [1.54, 1.807) is 18.2 Å². The zero-order valence-corrected chi connectivity index (χ0v) is 13.2. The first kappa shape index (κ1) is 15.4. The minimum absolute atomic E-state index is 0.459. The molecule has 2 rings (SSSR count). The minimum Gasteiger partial charge on any atom is -0.490 e. The summed E-state index contributed by atoms with van der Waals surface area (Å²) in [7, 11) is 0. The number of benzene rings is 2. The summed E-state index contributed by atoms with van der Waals surface area (Å²) in [5, 5.41) is 11.6. The summed E-state index contributed by atoms with van der Waals surface area (Å²) in [6.07, 6.45) is 1.35. The van der Waals surface area contributed by atoms with Crippen LogP contribution in [-0.2, 0) is 6.61 Å². The monoisotopic (exact) mass is 349 g/mol. The van der Waals surface area contributed by atoms with Gasteiger partial charge in [0.1, 0.15) is 6.61 Å². The first-order valence-electron chi connectivity index (χ1n) is 6.54. The van der Waals surface area contributed by atoms with Crippen molar-refractivity contribution in [2.24, 2.45) is 5.16 Å². The van der Waals surface area contributed by atoms with Gasteiger partial charge in [0.2, 0.25) is 0 Å². The Hall–Kier alpha value is -2.01. The lowest BCUT2D eigenvalue weighted by Crippen LogP contribution is -2.00. The molecule has 0 amide bonds. The van der Waals surface area contributed by atoms with Crippen molar-refractivity contribution in [3.05, 3.63) is 58.1 Å². The Balaban J connectivity index is 2.12. The Kier molecular flexibility index (Phi) is 5.63. The molecule has 4 nitrogen and oxygen atoms in total. The summed E-state index contributed by atoms with van der Waals surface area (Å²) >= 11 is 3.40. The number of oxime groups is 1. The van der Waals surface area contributed by atoms with Gasteiger partial charge in [-0.15, -0.1) is 0 Å². The molecule has 21 heavy (non-hydrogen) atoms. The maximum Gasteiger partial charge on any atom is 0.161 e. The van der Waals surface area contributed by atoms with Crippen LogP contribution < -0.4 is 9.47 Å². The van der Waals surface area contributed by atoms with Crippen molar-refractivity contribution in [1.29, 1.82) is 0 Å². The van der Waals surface area contributed by atoms with Crippen molar-refractivity contribution >= 4 is 22.1 Å². The predicted octanol–water partition coefficient (Wildman–Crippen LogP) is 4.23. The molecule has 0 aliphatic rings. The van der Waals surface area contributed by atoms with Crippen molar-refractivity contribution in [2.75, 3.05) is 6.61 Å². The molecule has 0 spiro atoms. The first-order valence-corrected chi connectivity index (χ1v) is 7.33. The molecular formula is C16H16BrNO3. The quantitative estimate of drug-likeness (QED) is 0.482. The van der Waals surface area contributed by atoms with Crippen LogP contribution in [-0.4, -0.2) is 18.0 Å². The Morgan fingerprint density at radius 2 is 1.86 bits per heavy atom. The molecule has 0 heterocycles. The van der Waals surface area contributed by atoms with E-state index >= 15 is 0 Å². The van der Waals surface area contributed by atoms with Gasteiger partial charge < -0.3 is 14.7 Å². The van der Waals surface area contributed by atoms with Crippen LogP contribution in [0.15, 0.2) is 52.1 Å². The van der Waals surface area contributed by atoms with Gasteiger partial charge in [0.05, 0.1) is 12.8 Å². The fraction of sp³-hybridized carbons (Fsp3) is 0.188. The number of ether oxygens (including phenoxy) is 2. The SMILES string of the molecule is CCOc1cc(C=NO)ccc1OCc1ccc(Br)cc1. The highest BCUT2D eigenvalue weighted by Crippen LogP contribution is 2.29. The number of hydrogen-bond donors (Lipinski definition) is 1. The van der Waals surface area contributed by atoms with E-state index in [0.717, 1.165) is 15.6 Å². The van der Waals surface area contributed by atoms with Gasteiger partial charge in [0, 0.05) is 10.0 Å². The molecule has 0 aliphatic heterocycles. The lowest BCUT2D eigenvalue weighted by Gasteiger charge is -2.12. The van der Waals surface area contributed by atoms with Gasteiger partial charge >= 0.3 is 0 Å². The summed E-state index contributed by atoms with van der Waals surface area (Å²) < 4.78 is 12.4. The van der Waals surface area contributed by atoms with Crippen LogP contribution >= 0.6 is 15.9 Å². The maximum absolute atomic E-state index is 8.58.